The Balaban J connectivity index is 1.95. The van der Waals surface area contributed by atoms with Crippen molar-refractivity contribution in [2.45, 2.75) is 46.1 Å². The zero-order valence-electron chi connectivity index (χ0n) is 10.8. The fourth-order valence-electron chi connectivity index (χ4n) is 2.52. The molecule has 0 radical (unpaired) electrons. The number of aliphatic hydroxyl groups excluding tert-OH is 1. The van der Waals surface area contributed by atoms with Crippen LogP contribution in [0.1, 0.15) is 43.2 Å². The van der Waals surface area contributed by atoms with Crippen LogP contribution < -0.4 is 4.90 Å². The SMILES string of the molecule is CCCC1CCN(c2nc(C)c(CO)s2)CC1. The van der Waals surface area contributed by atoms with E-state index in [9.17, 15) is 5.11 Å². The topological polar surface area (TPSA) is 36.4 Å². The van der Waals surface area contributed by atoms with E-state index in [4.69, 9.17) is 0 Å². The second-order valence-corrected chi connectivity index (χ2v) is 5.94. The molecule has 1 aromatic heterocycles. The lowest BCUT2D eigenvalue weighted by Crippen LogP contribution is -2.33. The third-order valence-corrected chi connectivity index (χ3v) is 4.81. The van der Waals surface area contributed by atoms with Gasteiger partial charge in [0.2, 0.25) is 0 Å². The standard InChI is InChI=1S/C13H22N2OS/c1-3-4-11-5-7-15(8-6-11)13-14-10(2)12(9-16)17-13/h11,16H,3-9H2,1-2H3. The maximum atomic E-state index is 9.19. The first kappa shape index (κ1) is 12.8. The van der Waals surface area contributed by atoms with Crippen LogP contribution in [0, 0.1) is 12.8 Å². The highest BCUT2D eigenvalue weighted by Gasteiger charge is 2.21. The number of hydrogen-bond donors (Lipinski definition) is 1. The molecular formula is C13H22N2OS. The largest absolute Gasteiger partial charge is 0.391 e. The van der Waals surface area contributed by atoms with Gasteiger partial charge in [-0.05, 0) is 25.7 Å². The van der Waals surface area contributed by atoms with Gasteiger partial charge in [-0.15, -0.1) is 0 Å². The van der Waals surface area contributed by atoms with Gasteiger partial charge in [-0.25, -0.2) is 4.98 Å². The minimum absolute atomic E-state index is 0.121. The summed E-state index contributed by atoms with van der Waals surface area (Å²) >= 11 is 1.65. The fraction of sp³-hybridized carbons (Fsp3) is 0.769. The van der Waals surface area contributed by atoms with Gasteiger partial charge >= 0.3 is 0 Å². The summed E-state index contributed by atoms with van der Waals surface area (Å²) < 4.78 is 0. The molecule has 17 heavy (non-hydrogen) atoms. The van der Waals surface area contributed by atoms with Crippen LogP contribution >= 0.6 is 11.3 Å². The number of thiazole rings is 1. The van der Waals surface area contributed by atoms with E-state index in [-0.39, 0.29) is 6.61 Å². The molecule has 0 saturated carbocycles. The predicted octanol–water partition coefficient (Wildman–Crippen LogP) is 2.96. The van der Waals surface area contributed by atoms with Crippen LogP contribution in [0.2, 0.25) is 0 Å². The Kier molecular flexibility index (Phi) is 4.40. The van der Waals surface area contributed by atoms with Crippen LogP contribution in [0.15, 0.2) is 0 Å². The minimum atomic E-state index is 0.121. The van der Waals surface area contributed by atoms with Gasteiger partial charge in [-0.3, -0.25) is 0 Å². The molecule has 0 aromatic carbocycles. The van der Waals surface area contributed by atoms with Crippen molar-refractivity contribution in [2.24, 2.45) is 5.92 Å². The van der Waals surface area contributed by atoms with Crippen molar-refractivity contribution in [1.82, 2.24) is 4.98 Å². The lowest BCUT2D eigenvalue weighted by Gasteiger charge is -2.31. The molecule has 4 heteroatoms. The summed E-state index contributed by atoms with van der Waals surface area (Å²) in [4.78, 5) is 7.95. The number of aryl methyl sites for hydroxylation is 1. The monoisotopic (exact) mass is 254 g/mol. The van der Waals surface area contributed by atoms with E-state index in [0.29, 0.717) is 0 Å². The van der Waals surface area contributed by atoms with Crippen LogP contribution in [0.3, 0.4) is 0 Å². The molecule has 1 N–H and O–H groups in total. The third kappa shape index (κ3) is 2.99. The lowest BCUT2D eigenvalue weighted by molar-refractivity contribution is 0.284. The van der Waals surface area contributed by atoms with Gasteiger partial charge < -0.3 is 10.0 Å². The zero-order chi connectivity index (χ0) is 12.3. The molecule has 0 unspecified atom stereocenters. The average molecular weight is 254 g/mol. The van der Waals surface area contributed by atoms with Crippen molar-refractivity contribution < 1.29 is 5.11 Å². The summed E-state index contributed by atoms with van der Waals surface area (Å²) in [5.41, 5.74) is 0.989. The van der Waals surface area contributed by atoms with Crippen LogP contribution in [0.5, 0.6) is 0 Å². The molecule has 0 aliphatic carbocycles. The average Bonchev–Trinajstić information content (AvgIpc) is 2.72. The predicted molar refractivity (Wildman–Crippen MR) is 72.6 cm³/mol. The van der Waals surface area contributed by atoms with Gasteiger partial charge in [0.15, 0.2) is 5.13 Å². The van der Waals surface area contributed by atoms with E-state index in [1.807, 2.05) is 6.92 Å². The highest BCUT2D eigenvalue weighted by Crippen LogP contribution is 2.30. The van der Waals surface area contributed by atoms with Crippen molar-refractivity contribution in [3.05, 3.63) is 10.6 Å². The Bertz CT molecular complexity index is 356. The first-order valence-corrected chi connectivity index (χ1v) is 7.38. The van der Waals surface area contributed by atoms with Gasteiger partial charge in [0, 0.05) is 13.1 Å². The fourth-order valence-corrected chi connectivity index (χ4v) is 3.49. The van der Waals surface area contributed by atoms with Crippen LogP contribution in [0.25, 0.3) is 0 Å². The summed E-state index contributed by atoms with van der Waals surface area (Å²) in [6.07, 6.45) is 5.25. The molecule has 0 spiro atoms. The highest BCUT2D eigenvalue weighted by atomic mass is 32.1. The van der Waals surface area contributed by atoms with Gasteiger partial charge in [-0.1, -0.05) is 31.1 Å². The van der Waals surface area contributed by atoms with E-state index in [1.165, 1.54) is 25.7 Å². The van der Waals surface area contributed by atoms with E-state index >= 15 is 0 Å². The number of anilines is 1. The van der Waals surface area contributed by atoms with Crippen molar-refractivity contribution in [2.75, 3.05) is 18.0 Å². The smallest absolute Gasteiger partial charge is 0.185 e. The maximum Gasteiger partial charge on any atom is 0.185 e. The normalized spacial score (nSPS) is 17.7. The number of aliphatic hydroxyl groups is 1. The van der Waals surface area contributed by atoms with Crippen molar-refractivity contribution in [3.63, 3.8) is 0 Å². The van der Waals surface area contributed by atoms with Crippen LogP contribution in [0.4, 0.5) is 5.13 Å². The molecule has 0 bridgehead atoms. The summed E-state index contributed by atoms with van der Waals surface area (Å²) in [6, 6.07) is 0. The lowest BCUT2D eigenvalue weighted by atomic mass is 9.93. The molecule has 1 aliphatic heterocycles. The summed E-state index contributed by atoms with van der Waals surface area (Å²) in [5, 5.41) is 10.3. The molecule has 1 aromatic rings. The molecule has 2 heterocycles. The number of rotatable bonds is 4. The Labute approximate surface area is 107 Å². The van der Waals surface area contributed by atoms with Gasteiger partial charge in [0.1, 0.15) is 0 Å². The summed E-state index contributed by atoms with van der Waals surface area (Å²) in [6.45, 7) is 6.63. The van der Waals surface area contributed by atoms with Crippen LogP contribution in [-0.4, -0.2) is 23.2 Å². The Morgan fingerprint density at radius 1 is 1.41 bits per heavy atom. The minimum Gasteiger partial charge on any atom is -0.391 e. The van der Waals surface area contributed by atoms with E-state index in [0.717, 1.165) is 34.7 Å². The first-order valence-electron chi connectivity index (χ1n) is 6.56. The molecule has 1 aliphatic rings. The Hall–Kier alpha value is -0.610. The Morgan fingerprint density at radius 3 is 2.65 bits per heavy atom. The van der Waals surface area contributed by atoms with E-state index in [1.54, 1.807) is 11.3 Å². The summed E-state index contributed by atoms with van der Waals surface area (Å²) in [7, 11) is 0. The van der Waals surface area contributed by atoms with Gasteiger partial charge in [0.25, 0.3) is 0 Å². The molecule has 0 atom stereocenters. The second-order valence-electron chi connectivity index (χ2n) is 4.88. The number of nitrogens with zero attached hydrogens (tertiary/aromatic N) is 2. The number of hydrogen-bond acceptors (Lipinski definition) is 4. The second kappa shape index (κ2) is 5.83. The van der Waals surface area contributed by atoms with Gasteiger partial charge in [-0.2, -0.15) is 0 Å². The molecular weight excluding hydrogens is 232 g/mol. The molecule has 2 rings (SSSR count). The number of piperidine rings is 1. The molecule has 96 valence electrons. The summed E-state index contributed by atoms with van der Waals surface area (Å²) in [5.74, 6) is 0.912. The van der Waals surface area contributed by atoms with Crippen molar-refractivity contribution in [3.8, 4) is 0 Å². The molecule has 1 saturated heterocycles. The Morgan fingerprint density at radius 2 is 2.12 bits per heavy atom. The van der Waals surface area contributed by atoms with Crippen LogP contribution in [-0.2, 0) is 6.61 Å². The van der Waals surface area contributed by atoms with E-state index in [2.05, 4.69) is 16.8 Å². The third-order valence-electron chi connectivity index (χ3n) is 3.61. The molecule has 1 fully saturated rings. The highest BCUT2D eigenvalue weighted by molar-refractivity contribution is 7.15. The van der Waals surface area contributed by atoms with Crippen molar-refractivity contribution >= 4 is 16.5 Å². The van der Waals surface area contributed by atoms with Gasteiger partial charge in [0.05, 0.1) is 17.2 Å². The quantitative estimate of drug-likeness (QED) is 0.897. The molecule has 3 nitrogen and oxygen atoms in total. The zero-order valence-corrected chi connectivity index (χ0v) is 11.6. The van der Waals surface area contributed by atoms with Crippen molar-refractivity contribution in [1.29, 1.82) is 0 Å². The first-order chi connectivity index (χ1) is 8.24. The van der Waals surface area contributed by atoms with E-state index < -0.39 is 0 Å². The molecule has 0 amide bonds. The maximum absolute atomic E-state index is 9.19. The number of aromatic nitrogens is 1.